The van der Waals surface area contributed by atoms with Crippen molar-refractivity contribution in [1.82, 2.24) is 0 Å². The van der Waals surface area contributed by atoms with Crippen LogP contribution in [0.3, 0.4) is 0 Å². The molecule has 1 unspecified atom stereocenters. The van der Waals surface area contributed by atoms with E-state index in [9.17, 15) is 0 Å². The maximum atomic E-state index is 5.98. The fraction of sp³-hybridized carbons (Fsp3) is 1.00. The van der Waals surface area contributed by atoms with Crippen LogP contribution in [0.15, 0.2) is 0 Å². The first-order valence-corrected chi connectivity index (χ1v) is 7.61. The van der Waals surface area contributed by atoms with Gasteiger partial charge in [-0.05, 0) is 25.8 Å². The summed E-state index contributed by atoms with van der Waals surface area (Å²) in [5, 5.41) is 0. The van der Waals surface area contributed by atoms with Gasteiger partial charge in [-0.15, -0.1) is 0 Å². The minimum absolute atomic E-state index is 0.117. The first-order chi connectivity index (χ1) is 7.20. The molecule has 0 N–H and O–H groups in total. The molecule has 1 saturated heterocycles. The van der Waals surface area contributed by atoms with E-state index in [4.69, 9.17) is 13.9 Å². The Bertz CT molecular complexity index is 167. The molecule has 0 aromatic carbocycles. The van der Waals surface area contributed by atoms with Crippen molar-refractivity contribution in [3.8, 4) is 0 Å². The predicted molar refractivity (Wildman–Crippen MR) is 64.0 cm³/mol. The van der Waals surface area contributed by atoms with Crippen molar-refractivity contribution in [3.63, 3.8) is 0 Å². The quantitative estimate of drug-likeness (QED) is 0.343. The summed E-state index contributed by atoms with van der Waals surface area (Å²) in [7, 11) is -0.405. The van der Waals surface area contributed by atoms with Gasteiger partial charge in [-0.3, -0.25) is 0 Å². The highest BCUT2D eigenvalue weighted by Gasteiger charge is 2.22. The second-order valence-corrected chi connectivity index (χ2v) is 5.79. The minimum Gasteiger partial charge on any atom is -0.419 e. The van der Waals surface area contributed by atoms with Gasteiger partial charge < -0.3 is 13.9 Å². The van der Waals surface area contributed by atoms with Gasteiger partial charge in [0.05, 0.1) is 18.8 Å². The largest absolute Gasteiger partial charge is 0.419 e. The third-order valence-corrected chi connectivity index (χ3v) is 4.56. The Hall–Kier alpha value is 0.0969. The zero-order chi connectivity index (χ0) is 11.1. The lowest BCUT2D eigenvalue weighted by molar-refractivity contribution is 0.0799. The van der Waals surface area contributed by atoms with Crippen LogP contribution in [0.1, 0.15) is 33.6 Å². The summed E-state index contributed by atoms with van der Waals surface area (Å²) >= 11 is 0. The lowest BCUT2D eigenvalue weighted by atomic mass is 10.0. The SMILES string of the molecule is CCC(C)(CC)O[SiH2]CCOCC1CO1. The molecule has 0 spiro atoms. The Morgan fingerprint density at radius 2 is 2.07 bits per heavy atom. The van der Waals surface area contributed by atoms with Crippen molar-refractivity contribution in [2.24, 2.45) is 0 Å². The summed E-state index contributed by atoms with van der Waals surface area (Å²) in [6.07, 6.45) is 2.60. The van der Waals surface area contributed by atoms with Gasteiger partial charge in [-0.2, -0.15) is 0 Å². The Morgan fingerprint density at radius 3 is 2.60 bits per heavy atom. The highest BCUT2D eigenvalue weighted by molar-refractivity contribution is 6.27. The molecule has 0 aliphatic carbocycles. The fourth-order valence-electron chi connectivity index (χ4n) is 1.31. The van der Waals surface area contributed by atoms with Gasteiger partial charge in [-0.25, -0.2) is 0 Å². The molecule has 1 atom stereocenters. The first kappa shape index (κ1) is 13.2. The molecule has 1 heterocycles. The van der Waals surface area contributed by atoms with E-state index >= 15 is 0 Å². The predicted octanol–water partition coefficient (Wildman–Crippen LogP) is 1.50. The number of epoxide rings is 1. The molecular weight excluding hydrogens is 208 g/mol. The zero-order valence-electron chi connectivity index (χ0n) is 10.3. The smallest absolute Gasteiger partial charge is 0.164 e. The van der Waals surface area contributed by atoms with Crippen LogP contribution >= 0.6 is 0 Å². The van der Waals surface area contributed by atoms with Crippen LogP contribution in [0.2, 0.25) is 6.04 Å². The van der Waals surface area contributed by atoms with Crippen LogP contribution in [0.4, 0.5) is 0 Å². The van der Waals surface area contributed by atoms with Gasteiger partial charge in [0.1, 0.15) is 6.10 Å². The van der Waals surface area contributed by atoms with Crippen LogP contribution in [-0.4, -0.2) is 41.3 Å². The molecule has 1 rings (SSSR count). The average molecular weight is 232 g/mol. The molecule has 0 bridgehead atoms. The highest BCUT2D eigenvalue weighted by atomic mass is 28.2. The molecule has 1 aliphatic rings. The summed E-state index contributed by atoms with van der Waals surface area (Å²) in [5.41, 5.74) is 0.117. The zero-order valence-corrected chi connectivity index (χ0v) is 11.7. The Balaban J connectivity index is 1.90. The second-order valence-electron chi connectivity index (χ2n) is 4.39. The van der Waals surface area contributed by atoms with Crippen LogP contribution < -0.4 is 0 Å². The second kappa shape index (κ2) is 6.63. The molecule has 1 aliphatic heterocycles. The van der Waals surface area contributed by atoms with Crippen molar-refractivity contribution in [2.45, 2.75) is 51.4 Å². The lowest BCUT2D eigenvalue weighted by Gasteiger charge is -2.27. The monoisotopic (exact) mass is 232 g/mol. The summed E-state index contributed by atoms with van der Waals surface area (Å²) in [5.74, 6) is 0. The summed E-state index contributed by atoms with van der Waals surface area (Å²) in [6, 6.07) is 1.11. The van der Waals surface area contributed by atoms with E-state index in [1.807, 2.05) is 0 Å². The van der Waals surface area contributed by atoms with Crippen LogP contribution in [0, 0.1) is 0 Å². The third-order valence-electron chi connectivity index (χ3n) is 3.09. The van der Waals surface area contributed by atoms with E-state index in [1.54, 1.807) is 0 Å². The van der Waals surface area contributed by atoms with E-state index < -0.39 is 9.76 Å². The van der Waals surface area contributed by atoms with Gasteiger partial charge in [0.25, 0.3) is 0 Å². The molecule has 0 amide bonds. The van der Waals surface area contributed by atoms with Crippen LogP contribution in [0.5, 0.6) is 0 Å². The van der Waals surface area contributed by atoms with Gasteiger partial charge in [0, 0.05) is 6.61 Å². The van der Waals surface area contributed by atoms with Gasteiger partial charge in [-0.1, -0.05) is 13.8 Å². The van der Waals surface area contributed by atoms with Crippen molar-refractivity contribution in [3.05, 3.63) is 0 Å². The van der Waals surface area contributed by atoms with E-state index in [0.717, 1.165) is 38.7 Å². The molecule has 0 aromatic rings. The number of hydrogen-bond acceptors (Lipinski definition) is 3. The van der Waals surface area contributed by atoms with E-state index in [-0.39, 0.29) is 5.60 Å². The highest BCUT2D eigenvalue weighted by Crippen LogP contribution is 2.18. The molecule has 90 valence electrons. The third kappa shape index (κ3) is 5.66. The Morgan fingerprint density at radius 1 is 1.40 bits per heavy atom. The molecule has 0 saturated carbocycles. The van der Waals surface area contributed by atoms with Crippen LogP contribution in [-0.2, 0) is 13.9 Å². The molecule has 1 fully saturated rings. The lowest BCUT2D eigenvalue weighted by Crippen LogP contribution is -2.28. The fourth-order valence-corrected chi connectivity index (χ4v) is 2.68. The van der Waals surface area contributed by atoms with E-state index in [0.29, 0.717) is 6.10 Å². The first-order valence-electron chi connectivity index (χ1n) is 6.03. The topological polar surface area (TPSA) is 31.0 Å². The molecule has 15 heavy (non-hydrogen) atoms. The molecule has 0 radical (unpaired) electrons. The summed E-state index contributed by atoms with van der Waals surface area (Å²) in [6.45, 7) is 9.09. The van der Waals surface area contributed by atoms with E-state index in [1.165, 1.54) is 0 Å². The van der Waals surface area contributed by atoms with Gasteiger partial charge in [0.2, 0.25) is 0 Å². The van der Waals surface area contributed by atoms with Gasteiger partial charge >= 0.3 is 0 Å². The van der Waals surface area contributed by atoms with Crippen molar-refractivity contribution < 1.29 is 13.9 Å². The van der Waals surface area contributed by atoms with E-state index in [2.05, 4.69) is 20.8 Å². The number of rotatable bonds is 9. The molecule has 4 heteroatoms. The summed E-state index contributed by atoms with van der Waals surface area (Å²) < 4.78 is 16.5. The minimum atomic E-state index is -0.405. The maximum Gasteiger partial charge on any atom is 0.164 e. The molecule has 3 nitrogen and oxygen atoms in total. The van der Waals surface area contributed by atoms with Crippen molar-refractivity contribution in [1.29, 1.82) is 0 Å². The standard InChI is InChI=1S/C11H24O3Si/c1-4-11(3,5-2)14-15-7-6-12-8-10-9-13-10/h10H,4-9,15H2,1-3H3. The number of hydrogen-bond donors (Lipinski definition) is 0. The summed E-state index contributed by atoms with van der Waals surface area (Å²) in [4.78, 5) is 0. The van der Waals surface area contributed by atoms with Crippen molar-refractivity contribution in [2.75, 3.05) is 19.8 Å². The maximum absolute atomic E-state index is 5.98. The van der Waals surface area contributed by atoms with Crippen LogP contribution in [0.25, 0.3) is 0 Å². The van der Waals surface area contributed by atoms with Crippen molar-refractivity contribution >= 4 is 9.76 Å². The molecular formula is C11H24O3Si. The average Bonchev–Trinajstić information content (AvgIpc) is 3.06. The molecule has 0 aromatic heterocycles. The van der Waals surface area contributed by atoms with Gasteiger partial charge in [0.15, 0.2) is 9.76 Å². The number of ether oxygens (including phenoxy) is 2. The normalized spacial score (nSPS) is 21.4. The Labute approximate surface area is 95.4 Å². The Kier molecular flexibility index (Phi) is 5.82.